The predicted octanol–water partition coefficient (Wildman–Crippen LogP) is 2.31. The quantitative estimate of drug-likeness (QED) is 0.899. The van der Waals surface area contributed by atoms with E-state index in [-0.39, 0.29) is 5.91 Å². The molecule has 1 N–H and O–H groups in total. The van der Waals surface area contributed by atoms with Crippen molar-refractivity contribution in [2.75, 3.05) is 18.9 Å². The van der Waals surface area contributed by atoms with Gasteiger partial charge in [-0.05, 0) is 31.6 Å². The normalized spacial score (nSPS) is 25.9. The summed E-state index contributed by atoms with van der Waals surface area (Å²) in [5.41, 5.74) is 0.468. The number of fused-ring (bicyclic) bond motifs is 1. The number of hydrogen-bond acceptors (Lipinski definition) is 4. The molecular formula is C15H22N4O. The zero-order valence-electron chi connectivity index (χ0n) is 12.0. The van der Waals surface area contributed by atoms with Crippen LogP contribution in [0.2, 0.25) is 0 Å². The van der Waals surface area contributed by atoms with Gasteiger partial charge in [0.25, 0.3) is 5.91 Å². The maximum Gasteiger partial charge on any atom is 0.274 e. The van der Waals surface area contributed by atoms with Gasteiger partial charge in [0.1, 0.15) is 11.5 Å². The van der Waals surface area contributed by atoms with Crippen LogP contribution in [0.1, 0.15) is 49.0 Å². The lowest BCUT2D eigenvalue weighted by Gasteiger charge is -2.43. The van der Waals surface area contributed by atoms with Crippen LogP contribution in [0.4, 0.5) is 5.82 Å². The Kier molecular flexibility index (Phi) is 3.85. The molecular weight excluding hydrogens is 252 g/mol. The summed E-state index contributed by atoms with van der Waals surface area (Å²) in [6, 6.07) is 0.427. The molecule has 1 aromatic rings. The molecule has 0 spiro atoms. The molecule has 5 nitrogen and oxygen atoms in total. The number of aromatic nitrogens is 2. The van der Waals surface area contributed by atoms with E-state index in [0.717, 1.165) is 19.4 Å². The van der Waals surface area contributed by atoms with E-state index in [1.807, 2.05) is 0 Å². The Balaban J connectivity index is 1.77. The van der Waals surface area contributed by atoms with Gasteiger partial charge in [0.05, 0.1) is 12.4 Å². The number of piperidine rings is 1. The van der Waals surface area contributed by atoms with E-state index in [4.69, 9.17) is 0 Å². The van der Waals surface area contributed by atoms with Crippen molar-refractivity contribution in [1.82, 2.24) is 14.9 Å². The lowest BCUT2D eigenvalue weighted by Crippen LogP contribution is -2.49. The van der Waals surface area contributed by atoms with Crippen molar-refractivity contribution in [2.24, 2.45) is 5.92 Å². The molecule has 0 bridgehead atoms. The van der Waals surface area contributed by atoms with Crippen LogP contribution >= 0.6 is 0 Å². The second kappa shape index (κ2) is 5.77. The van der Waals surface area contributed by atoms with E-state index in [1.165, 1.54) is 25.7 Å². The van der Waals surface area contributed by atoms with Gasteiger partial charge < -0.3 is 10.2 Å². The fourth-order valence-corrected chi connectivity index (χ4v) is 3.59. The van der Waals surface area contributed by atoms with Crippen LogP contribution in [-0.4, -0.2) is 40.4 Å². The highest BCUT2D eigenvalue weighted by Crippen LogP contribution is 2.35. The number of rotatable bonds is 2. The average Bonchev–Trinajstić information content (AvgIpc) is 2.54. The summed E-state index contributed by atoms with van der Waals surface area (Å²) in [5.74, 6) is 1.44. The first-order chi connectivity index (χ1) is 9.79. The molecule has 1 aromatic heterocycles. The van der Waals surface area contributed by atoms with Crippen molar-refractivity contribution in [3.8, 4) is 0 Å². The van der Waals surface area contributed by atoms with Gasteiger partial charge in [-0.3, -0.25) is 4.79 Å². The first-order valence-corrected chi connectivity index (χ1v) is 7.60. The lowest BCUT2D eigenvalue weighted by molar-refractivity contribution is 0.0385. The van der Waals surface area contributed by atoms with Crippen molar-refractivity contribution in [3.05, 3.63) is 18.1 Å². The van der Waals surface area contributed by atoms with Gasteiger partial charge in [-0.15, -0.1) is 0 Å². The minimum absolute atomic E-state index is 0.0525. The van der Waals surface area contributed by atoms with Crippen LogP contribution in [0, 0.1) is 5.92 Å². The molecule has 1 saturated heterocycles. The third-order valence-electron chi connectivity index (χ3n) is 4.63. The number of nitrogens with zero attached hydrogens (tertiary/aromatic N) is 3. The molecule has 1 saturated carbocycles. The Morgan fingerprint density at radius 2 is 2.00 bits per heavy atom. The molecule has 1 aliphatic heterocycles. The van der Waals surface area contributed by atoms with Crippen LogP contribution in [0.5, 0.6) is 0 Å². The molecule has 2 unspecified atom stereocenters. The molecule has 2 aliphatic rings. The Hall–Kier alpha value is -1.65. The number of likely N-dealkylation sites (tertiary alicyclic amines) is 1. The van der Waals surface area contributed by atoms with Crippen molar-refractivity contribution in [1.29, 1.82) is 0 Å². The van der Waals surface area contributed by atoms with Crippen molar-refractivity contribution in [2.45, 2.75) is 44.6 Å². The Morgan fingerprint density at radius 1 is 1.20 bits per heavy atom. The first kappa shape index (κ1) is 13.3. The average molecular weight is 274 g/mol. The standard InChI is InChI=1S/C15H22N4O/c1-16-14-10-17-12(9-18-14)15(20)19-8-4-6-11-5-2-3-7-13(11)19/h9-11,13H,2-8H2,1H3,(H,16,18). The van der Waals surface area contributed by atoms with Gasteiger partial charge in [0.2, 0.25) is 0 Å². The summed E-state index contributed by atoms with van der Waals surface area (Å²) >= 11 is 0. The predicted molar refractivity (Wildman–Crippen MR) is 77.6 cm³/mol. The van der Waals surface area contributed by atoms with Crippen LogP contribution in [0.3, 0.4) is 0 Å². The zero-order chi connectivity index (χ0) is 13.9. The topological polar surface area (TPSA) is 58.1 Å². The summed E-state index contributed by atoms with van der Waals surface area (Å²) in [6.07, 6.45) is 10.6. The van der Waals surface area contributed by atoms with E-state index < -0.39 is 0 Å². The second-order valence-electron chi connectivity index (χ2n) is 5.79. The van der Waals surface area contributed by atoms with E-state index in [9.17, 15) is 4.79 Å². The first-order valence-electron chi connectivity index (χ1n) is 7.60. The maximum absolute atomic E-state index is 12.7. The molecule has 2 heterocycles. The van der Waals surface area contributed by atoms with E-state index in [1.54, 1.807) is 19.4 Å². The largest absolute Gasteiger partial charge is 0.372 e. The fraction of sp³-hybridized carbons (Fsp3) is 0.667. The molecule has 1 amide bonds. The number of carbonyl (C=O) groups is 1. The summed E-state index contributed by atoms with van der Waals surface area (Å²) in [6.45, 7) is 0.870. The van der Waals surface area contributed by atoms with Gasteiger partial charge in [0.15, 0.2) is 0 Å². The minimum atomic E-state index is 0.0525. The van der Waals surface area contributed by atoms with Crippen molar-refractivity contribution >= 4 is 11.7 Å². The molecule has 20 heavy (non-hydrogen) atoms. The maximum atomic E-state index is 12.7. The van der Waals surface area contributed by atoms with Crippen LogP contribution in [-0.2, 0) is 0 Å². The second-order valence-corrected chi connectivity index (χ2v) is 5.79. The van der Waals surface area contributed by atoms with Crippen molar-refractivity contribution in [3.63, 3.8) is 0 Å². The van der Waals surface area contributed by atoms with E-state index in [0.29, 0.717) is 23.5 Å². The van der Waals surface area contributed by atoms with Crippen LogP contribution < -0.4 is 5.32 Å². The van der Waals surface area contributed by atoms with E-state index in [2.05, 4.69) is 20.2 Å². The van der Waals surface area contributed by atoms with Crippen LogP contribution in [0.25, 0.3) is 0 Å². The molecule has 2 atom stereocenters. The molecule has 2 fully saturated rings. The molecule has 0 aromatic carbocycles. The summed E-state index contributed by atoms with van der Waals surface area (Å²) in [5, 5.41) is 2.92. The van der Waals surface area contributed by atoms with Gasteiger partial charge in [-0.2, -0.15) is 0 Å². The Morgan fingerprint density at radius 3 is 2.75 bits per heavy atom. The van der Waals surface area contributed by atoms with Gasteiger partial charge >= 0.3 is 0 Å². The molecule has 3 rings (SSSR count). The number of carbonyl (C=O) groups excluding carboxylic acids is 1. The zero-order valence-corrected chi connectivity index (χ0v) is 12.0. The number of amides is 1. The molecule has 0 radical (unpaired) electrons. The van der Waals surface area contributed by atoms with Crippen molar-refractivity contribution < 1.29 is 4.79 Å². The highest BCUT2D eigenvalue weighted by atomic mass is 16.2. The van der Waals surface area contributed by atoms with Crippen LogP contribution in [0.15, 0.2) is 12.4 Å². The number of nitrogens with one attached hydrogen (secondary N) is 1. The third kappa shape index (κ3) is 2.49. The summed E-state index contributed by atoms with van der Waals surface area (Å²) < 4.78 is 0. The lowest BCUT2D eigenvalue weighted by atomic mass is 9.78. The highest BCUT2D eigenvalue weighted by molar-refractivity contribution is 5.92. The minimum Gasteiger partial charge on any atom is -0.372 e. The third-order valence-corrected chi connectivity index (χ3v) is 4.63. The monoisotopic (exact) mass is 274 g/mol. The molecule has 5 heteroatoms. The van der Waals surface area contributed by atoms with E-state index >= 15 is 0 Å². The van der Waals surface area contributed by atoms with Gasteiger partial charge in [-0.25, -0.2) is 9.97 Å². The molecule has 108 valence electrons. The highest BCUT2D eigenvalue weighted by Gasteiger charge is 2.36. The SMILES string of the molecule is CNc1cnc(C(=O)N2CCCC3CCCCC32)cn1. The summed E-state index contributed by atoms with van der Waals surface area (Å²) in [7, 11) is 1.79. The van der Waals surface area contributed by atoms with Gasteiger partial charge in [-0.1, -0.05) is 12.8 Å². The number of anilines is 1. The van der Waals surface area contributed by atoms with Gasteiger partial charge in [0, 0.05) is 19.6 Å². The molecule has 1 aliphatic carbocycles. The fourth-order valence-electron chi connectivity index (χ4n) is 3.59. The smallest absolute Gasteiger partial charge is 0.274 e. The summed E-state index contributed by atoms with van der Waals surface area (Å²) in [4.78, 5) is 23.2. The Bertz CT molecular complexity index is 471. The number of hydrogen-bond donors (Lipinski definition) is 1. The Labute approximate surface area is 119 Å².